The highest BCUT2D eigenvalue weighted by Crippen LogP contribution is 2.34. The molecule has 0 aliphatic carbocycles. The Morgan fingerprint density at radius 2 is 1.88 bits per heavy atom. The van der Waals surface area contributed by atoms with Crippen molar-refractivity contribution in [3.63, 3.8) is 0 Å². The molecule has 2 aliphatic heterocycles. The van der Waals surface area contributed by atoms with Gasteiger partial charge in [0.15, 0.2) is 0 Å². The summed E-state index contributed by atoms with van der Waals surface area (Å²) >= 11 is 0. The van der Waals surface area contributed by atoms with Crippen molar-refractivity contribution in [1.82, 2.24) is 24.8 Å². The number of morpholine rings is 1. The summed E-state index contributed by atoms with van der Waals surface area (Å²) in [4.78, 5) is 23.0. The quantitative estimate of drug-likeness (QED) is 0.593. The lowest BCUT2D eigenvalue weighted by atomic mass is 9.90. The van der Waals surface area contributed by atoms with Crippen molar-refractivity contribution in [2.75, 3.05) is 57.1 Å². The second-order valence-electron chi connectivity index (χ2n) is 8.78. The summed E-state index contributed by atoms with van der Waals surface area (Å²) in [6.07, 6.45) is 5.87. The van der Waals surface area contributed by atoms with Crippen LogP contribution in [0.15, 0.2) is 42.7 Å². The van der Waals surface area contributed by atoms with Gasteiger partial charge < -0.3 is 20.1 Å². The number of hydrogen-bond donors (Lipinski definition) is 1. The van der Waals surface area contributed by atoms with Crippen molar-refractivity contribution >= 4 is 11.9 Å². The number of ether oxygens (including phenoxy) is 2. The fourth-order valence-corrected chi connectivity index (χ4v) is 4.75. The number of benzene rings is 1. The molecule has 2 aliphatic rings. The third-order valence-corrected chi connectivity index (χ3v) is 6.51. The minimum atomic E-state index is 0.275. The number of aromatic nitrogens is 4. The number of rotatable bonds is 6. The molecule has 4 heterocycles. The van der Waals surface area contributed by atoms with Crippen LogP contribution in [0.4, 0.5) is 11.9 Å². The second-order valence-corrected chi connectivity index (χ2v) is 8.78. The molecule has 0 bridgehead atoms. The Bertz CT molecular complexity index is 1100. The molecular formula is C25H31N7O2. The first-order chi connectivity index (χ1) is 16.7. The Hall–Kier alpha value is -3.30. The van der Waals surface area contributed by atoms with Crippen molar-refractivity contribution in [3.8, 4) is 16.9 Å². The molecule has 178 valence electrons. The molecule has 2 saturated heterocycles. The topological polar surface area (TPSA) is 103 Å². The molecule has 0 unspecified atom stereocenters. The van der Waals surface area contributed by atoms with E-state index in [4.69, 9.17) is 25.2 Å². The maximum Gasteiger partial charge on any atom is 0.225 e. The van der Waals surface area contributed by atoms with Crippen LogP contribution in [0.5, 0.6) is 5.75 Å². The van der Waals surface area contributed by atoms with Gasteiger partial charge in [0.2, 0.25) is 11.9 Å². The number of nitrogen functional groups attached to an aromatic ring is 1. The van der Waals surface area contributed by atoms with E-state index in [0.29, 0.717) is 5.95 Å². The Kier molecular flexibility index (Phi) is 6.82. The van der Waals surface area contributed by atoms with Gasteiger partial charge in [-0.1, -0.05) is 12.1 Å². The Balaban J connectivity index is 1.33. The molecular weight excluding hydrogens is 430 g/mol. The zero-order chi connectivity index (χ0) is 23.3. The zero-order valence-electron chi connectivity index (χ0n) is 19.6. The molecule has 2 fully saturated rings. The van der Waals surface area contributed by atoms with Crippen LogP contribution in [0.1, 0.15) is 30.1 Å². The van der Waals surface area contributed by atoms with Crippen LogP contribution in [-0.2, 0) is 11.3 Å². The molecule has 9 heteroatoms. The van der Waals surface area contributed by atoms with Gasteiger partial charge in [-0.25, -0.2) is 19.9 Å². The van der Waals surface area contributed by atoms with Crippen LogP contribution in [0, 0.1) is 0 Å². The van der Waals surface area contributed by atoms with E-state index in [1.807, 2.05) is 42.7 Å². The first-order valence-corrected chi connectivity index (χ1v) is 11.8. The highest BCUT2D eigenvalue weighted by Gasteiger charge is 2.26. The van der Waals surface area contributed by atoms with Gasteiger partial charge in [0, 0.05) is 50.1 Å². The molecule has 1 atom stereocenters. The van der Waals surface area contributed by atoms with Crippen molar-refractivity contribution in [2.24, 2.45) is 0 Å². The largest absolute Gasteiger partial charge is 0.497 e. The fraction of sp³-hybridized carbons (Fsp3) is 0.440. The van der Waals surface area contributed by atoms with E-state index < -0.39 is 0 Å². The van der Waals surface area contributed by atoms with E-state index in [1.165, 1.54) is 0 Å². The van der Waals surface area contributed by atoms with Gasteiger partial charge in [-0.2, -0.15) is 0 Å². The zero-order valence-corrected chi connectivity index (χ0v) is 19.6. The van der Waals surface area contributed by atoms with Gasteiger partial charge in [0.1, 0.15) is 5.75 Å². The number of anilines is 2. The summed E-state index contributed by atoms with van der Waals surface area (Å²) in [5.41, 5.74) is 10.2. The van der Waals surface area contributed by atoms with E-state index in [-0.39, 0.29) is 5.92 Å². The molecule has 0 radical (unpaired) electrons. The Morgan fingerprint density at radius 1 is 1.06 bits per heavy atom. The molecule has 2 N–H and O–H groups in total. The molecule has 0 saturated carbocycles. The molecule has 3 aromatic rings. The minimum absolute atomic E-state index is 0.275. The van der Waals surface area contributed by atoms with E-state index >= 15 is 0 Å². The van der Waals surface area contributed by atoms with Gasteiger partial charge in [-0.3, -0.25) is 4.90 Å². The summed E-state index contributed by atoms with van der Waals surface area (Å²) in [6, 6.07) is 10.0. The van der Waals surface area contributed by atoms with Crippen LogP contribution in [0.2, 0.25) is 0 Å². The van der Waals surface area contributed by atoms with Gasteiger partial charge in [-0.15, -0.1) is 0 Å². The SMILES string of the molecule is COc1ccc(-c2cnc(N)nc2[C@H]2CCCN(Cc3ccnc(N4CCOCC4)n3)C2)cc1. The van der Waals surface area contributed by atoms with Gasteiger partial charge >= 0.3 is 0 Å². The fourth-order valence-electron chi connectivity index (χ4n) is 4.75. The molecule has 5 rings (SSSR count). The van der Waals surface area contributed by atoms with Crippen LogP contribution in [-0.4, -0.2) is 71.3 Å². The summed E-state index contributed by atoms with van der Waals surface area (Å²) in [7, 11) is 1.67. The number of methoxy groups -OCH3 is 1. The minimum Gasteiger partial charge on any atom is -0.497 e. The van der Waals surface area contributed by atoms with Crippen LogP contribution in [0.3, 0.4) is 0 Å². The maximum absolute atomic E-state index is 6.02. The van der Waals surface area contributed by atoms with E-state index in [9.17, 15) is 0 Å². The molecule has 0 spiro atoms. The van der Waals surface area contributed by atoms with Crippen molar-refractivity contribution < 1.29 is 9.47 Å². The van der Waals surface area contributed by atoms with E-state index in [1.54, 1.807) is 7.11 Å². The standard InChI is InChI=1S/C25H31N7O2/c1-33-21-6-4-18(5-7-21)22-15-28-24(26)30-23(22)19-3-2-10-31(16-19)17-20-8-9-27-25(29-20)32-11-13-34-14-12-32/h4-9,15,19H,2-3,10-14,16-17H2,1H3,(H2,26,28,30)/t19-/m0/s1. The van der Waals surface area contributed by atoms with E-state index in [2.05, 4.69) is 19.8 Å². The highest BCUT2D eigenvalue weighted by molar-refractivity contribution is 5.67. The van der Waals surface area contributed by atoms with Gasteiger partial charge in [0.05, 0.1) is 31.7 Å². The van der Waals surface area contributed by atoms with Gasteiger partial charge in [-0.05, 0) is 43.1 Å². The van der Waals surface area contributed by atoms with Crippen LogP contribution in [0.25, 0.3) is 11.1 Å². The van der Waals surface area contributed by atoms with Crippen LogP contribution >= 0.6 is 0 Å². The molecule has 9 nitrogen and oxygen atoms in total. The summed E-state index contributed by atoms with van der Waals surface area (Å²) in [5.74, 6) is 2.21. The number of hydrogen-bond acceptors (Lipinski definition) is 9. The monoisotopic (exact) mass is 461 g/mol. The Labute approximate surface area is 200 Å². The smallest absolute Gasteiger partial charge is 0.225 e. The Morgan fingerprint density at radius 3 is 2.68 bits per heavy atom. The highest BCUT2D eigenvalue weighted by atomic mass is 16.5. The number of nitrogens with two attached hydrogens (primary N) is 1. The summed E-state index contributed by atoms with van der Waals surface area (Å²) < 4.78 is 10.8. The van der Waals surface area contributed by atoms with Crippen molar-refractivity contribution in [2.45, 2.75) is 25.3 Å². The first kappa shape index (κ1) is 22.5. The van der Waals surface area contributed by atoms with E-state index in [0.717, 1.165) is 93.0 Å². The number of likely N-dealkylation sites (tertiary alicyclic amines) is 1. The average Bonchev–Trinajstić information content (AvgIpc) is 2.89. The lowest BCUT2D eigenvalue weighted by Crippen LogP contribution is -2.38. The average molecular weight is 462 g/mol. The van der Waals surface area contributed by atoms with Crippen molar-refractivity contribution in [3.05, 3.63) is 54.1 Å². The first-order valence-electron chi connectivity index (χ1n) is 11.8. The number of nitrogens with zero attached hydrogens (tertiary/aromatic N) is 6. The molecule has 34 heavy (non-hydrogen) atoms. The lowest BCUT2D eigenvalue weighted by molar-refractivity contribution is 0.122. The normalized spacial score (nSPS) is 19.2. The van der Waals surface area contributed by atoms with Crippen LogP contribution < -0.4 is 15.4 Å². The third kappa shape index (κ3) is 5.10. The number of piperidine rings is 1. The summed E-state index contributed by atoms with van der Waals surface area (Å²) in [5, 5.41) is 0. The second kappa shape index (κ2) is 10.3. The molecule has 2 aromatic heterocycles. The molecule has 1 aromatic carbocycles. The van der Waals surface area contributed by atoms with Crippen molar-refractivity contribution in [1.29, 1.82) is 0 Å². The molecule has 0 amide bonds. The van der Waals surface area contributed by atoms with Gasteiger partial charge in [0.25, 0.3) is 0 Å². The predicted octanol–water partition coefficient (Wildman–Crippen LogP) is 2.74. The third-order valence-electron chi connectivity index (χ3n) is 6.51. The lowest BCUT2D eigenvalue weighted by Gasteiger charge is -2.33. The maximum atomic E-state index is 6.02. The summed E-state index contributed by atoms with van der Waals surface area (Å²) in [6.45, 7) is 5.83. The predicted molar refractivity (Wildman–Crippen MR) is 131 cm³/mol.